The predicted molar refractivity (Wildman–Crippen MR) is 189 cm³/mol. The van der Waals surface area contributed by atoms with Gasteiger partial charge in [-0.1, -0.05) is 17.7 Å². The quantitative estimate of drug-likeness (QED) is 0.252. The number of halogens is 2. The molecule has 45 heavy (non-hydrogen) atoms. The average molecular weight is 762 g/mol. The van der Waals surface area contributed by atoms with Crippen LogP contribution in [-0.2, 0) is 27.0 Å². The van der Waals surface area contributed by atoms with E-state index < -0.39 is 51.2 Å². The summed E-state index contributed by atoms with van der Waals surface area (Å²) in [6, 6.07) is 4.70. The zero-order chi connectivity index (χ0) is 33.5. The summed E-state index contributed by atoms with van der Waals surface area (Å²) in [5.74, 6) is 0. The van der Waals surface area contributed by atoms with Crippen molar-refractivity contribution in [2.24, 2.45) is 0 Å². The molecule has 14 heteroatoms. The van der Waals surface area contributed by atoms with Crippen LogP contribution in [0.4, 0.5) is 15.3 Å². The van der Waals surface area contributed by atoms with Gasteiger partial charge in [0.05, 0.1) is 43.8 Å². The molecule has 0 spiro atoms. The maximum atomic E-state index is 14.0. The van der Waals surface area contributed by atoms with Crippen molar-refractivity contribution in [1.29, 1.82) is 0 Å². The number of pyridine rings is 1. The summed E-state index contributed by atoms with van der Waals surface area (Å²) in [6.45, 7) is 17.6. The molecule has 0 bridgehead atoms. The van der Waals surface area contributed by atoms with E-state index in [2.05, 4.69) is 26.2 Å². The Balaban J connectivity index is 1.89. The van der Waals surface area contributed by atoms with E-state index >= 15 is 0 Å². The largest absolute Gasteiger partial charge is 0.444 e. The Morgan fingerprint density at radius 2 is 1.82 bits per heavy atom. The monoisotopic (exact) mass is 760 g/mol. The molecule has 1 fully saturated rings. The summed E-state index contributed by atoms with van der Waals surface area (Å²) < 4.78 is 28.3. The number of anilines is 1. The fraction of sp³-hybridized carbons (Fsp3) is 0.581. The van der Waals surface area contributed by atoms with Gasteiger partial charge in [0.1, 0.15) is 27.3 Å². The fourth-order valence-electron chi connectivity index (χ4n) is 4.95. The smallest absolute Gasteiger partial charge is 0.415 e. The van der Waals surface area contributed by atoms with Crippen LogP contribution in [0.2, 0.25) is 5.15 Å². The summed E-state index contributed by atoms with van der Waals surface area (Å²) in [5.41, 5.74) is -0.271. The van der Waals surface area contributed by atoms with Gasteiger partial charge >= 0.3 is 12.2 Å². The maximum Gasteiger partial charge on any atom is 0.415 e. The Hall–Kier alpha value is -1.77. The lowest BCUT2D eigenvalue weighted by molar-refractivity contribution is 0.0459. The SMILES string of the molecule is CC(C)(C)OC(=O)NC1CCCN(S(=O)C(C)(C)C)C1c1sc2c(N(Cc3cccs3)C(=O)OC(C)(C)C)cc(Cl)nc2c1Br. The van der Waals surface area contributed by atoms with E-state index in [9.17, 15) is 13.8 Å². The first-order chi connectivity index (χ1) is 20.7. The van der Waals surface area contributed by atoms with Crippen LogP contribution in [0.3, 0.4) is 0 Å². The van der Waals surface area contributed by atoms with Crippen LogP contribution in [0.5, 0.6) is 0 Å². The van der Waals surface area contributed by atoms with Gasteiger partial charge in [0.15, 0.2) is 0 Å². The number of fused-ring (bicyclic) bond motifs is 1. The van der Waals surface area contributed by atoms with Crippen molar-refractivity contribution in [1.82, 2.24) is 14.6 Å². The molecular formula is C31H42BrClN4O5S3. The molecule has 3 atom stereocenters. The molecule has 0 radical (unpaired) electrons. The van der Waals surface area contributed by atoms with E-state index in [1.807, 2.05) is 84.1 Å². The normalized spacial score (nSPS) is 18.9. The third-order valence-corrected chi connectivity index (χ3v) is 11.9. The van der Waals surface area contributed by atoms with E-state index in [0.29, 0.717) is 33.3 Å². The highest BCUT2D eigenvalue weighted by molar-refractivity contribution is 9.10. The first-order valence-electron chi connectivity index (χ1n) is 14.7. The molecular weight excluding hydrogens is 720 g/mol. The number of nitrogens with zero attached hydrogens (tertiary/aromatic N) is 3. The van der Waals surface area contributed by atoms with Gasteiger partial charge in [0, 0.05) is 22.4 Å². The van der Waals surface area contributed by atoms with Gasteiger partial charge in [-0.25, -0.2) is 23.1 Å². The highest BCUT2D eigenvalue weighted by Crippen LogP contribution is 2.48. The number of amides is 2. The highest BCUT2D eigenvalue weighted by atomic mass is 79.9. The van der Waals surface area contributed by atoms with Crippen LogP contribution >= 0.6 is 50.2 Å². The molecule has 1 aliphatic heterocycles. The van der Waals surface area contributed by atoms with Gasteiger partial charge in [0.2, 0.25) is 0 Å². The summed E-state index contributed by atoms with van der Waals surface area (Å²) >= 11 is 13.4. The third-order valence-electron chi connectivity index (χ3n) is 6.65. The topological polar surface area (TPSA) is 101 Å². The van der Waals surface area contributed by atoms with Crippen molar-refractivity contribution in [2.45, 2.75) is 110 Å². The van der Waals surface area contributed by atoms with Gasteiger partial charge in [-0.05, 0) is 103 Å². The average Bonchev–Trinajstić information content (AvgIpc) is 3.51. The van der Waals surface area contributed by atoms with Crippen LogP contribution in [0.15, 0.2) is 28.1 Å². The first-order valence-corrected chi connectivity index (χ1v) is 18.7. The fourth-order valence-corrected chi connectivity index (χ4v) is 9.59. The van der Waals surface area contributed by atoms with Gasteiger partial charge in [0.25, 0.3) is 0 Å². The van der Waals surface area contributed by atoms with Crippen molar-refractivity contribution >= 4 is 89.3 Å². The van der Waals surface area contributed by atoms with E-state index in [0.717, 1.165) is 16.2 Å². The van der Waals surface area contributed by atoms with Crippen molar-refractivity contribution in [3.05, 3.63) is 43.0 Å². The zero-order valence-corrected chi connectivity index (χ0v) is 31.9. The Morgan fingerprint density at radius 1 is 1.16 bits per heavy atom. The van der Waals surface area contributed by atoms with E-state index in [1.165, 1.54) is 11.3 Å². The summed E-state index contributed by atoms with van der Waals surface area (Å²) in [6.07, 6.45) is 0.352. The minimum absolute atomic E-state index is 0.212. The van der Waals surface area contributed by atoms with Crippen LogP contribution in [-0.4, -0.2) is 54.2 Å². The molecule has 1 aliphatic rings. The van der Waals surface area contributed by atoms with Crippen LogP contribution < -0.4 is 10.2 Å². The molecule has 3 aromatic rings. The summed E-state index contributed by atoms with van der Waals surface area (Å²) in [7, 11) is -1.40. The van der Waals surface area contributed by atoms with Crippen LogP contribution in [0, 0.1) is 0 Å². The number of alkyl carbamates (subject to hydrolysis) is 1. The van der Waals surface area contributed by atoms with E-state index in [1.54, 1.807) is 22.3 Å². The second-order valence-corrected chi connectivity index (χ2v) is 19.4. The number of hydrogen-bond donors (Lipinski definition) is 1. The highest BCUT2D eigenvalue weighted by Gasteiger charge is 2.43. The molecule has 1 N–H and O–H groups in total. The van der Waals surface area contributed by atoms with Crippen LogP contribution in [0.25, 0.3) is 10.2 Å². The van der Waals surface area contributed by atoms with Gasteiger partial charge in [-0.3, -0.25) is 4.90 Å². The molecule has 0 aromatic carbocycles. The van der Waals surface area contributed by atoms with E-state index in [4.69, 9.17) is 21.1 Å². The molecule has 9 nitrogen and oxygen atoms in total. The molecule has 248 valence electrons. The van der Waals surface area contributed by atoms with Gasteiger partial charge in [-0.2, -0.15) is 0 Å². The molecule has 2 amide bonds. The van der Waals surface area contributed by atoms with Gasteiger partial charge in [-0.15, -0.1) is 22.7 Å². The lowest BCUT2D eigenvalue weighted by atomic mass is 9.97. The summed E-state index contributed by atoms with van der Waals surface area (Å²) in [5, 5.41) is 5.25. The molecule has 4 rings (SSSR count). The number of rotatable bonds is 6. The molecule has 1 saturated heterocycles. The second kappa shape index (κ2) is 13.8. The second-order valence-electron chi connectivity index (χ2n) is 13.9. The number of carbonyl (C=O) groups excluding carboxylic acids is 2. The number of nitrogens with one attached hydrogen (secondary N) is 1. The standard InChI is InChI=1S/C31H42BrClN4O5S3/c1-29(2,3)41-27(38)34-19-13-10-14-37(45(40)31(7,8)9)24(19)26-22(32)23-25(44-26)20(16-21(33)35-23)36(17-18-12-11-15-43-18)28(39)42-30(4,5)6/h11-12,15-16,19,24H,10,13-14,17H2,1-9H3,(H,34,38). The molecule has 0 aliphatic carbocycles. The maximum absolute atomic E-state index is 14.0. The molecule has 4 heterocycles. The number of thiophene rings is 2. The molecule has 3 unspecified atom stereocenters. The number of aromatic nitrogens is 1. The van der Waals surface area contributed by atoms with E-state index in [-0.39, 0.29) is 11.7 Å². The number of hydrogen-bond acceptors (Lipinski definition) is 8. The molecule has 3 aromatic heterocycles. The van der Waals surface area contributed by atoms with Gasteiger partial charge < -0.3 is 14.8 Å². The minimum Gasteiger partial charge on any atom is -0.444 e. The number of piperidine rings is 1. The zero-order valence-electron chi connectivity index (χ0n) is 27.2. The van der Waals surface area contributed by atoms with Crippen molar-refractivity contribution < 1.29 is 23.3 Å². The molecule has 0 saturated carbocycles. The number of carbonyl (C=O) groups is 2. The number of ether oxygens (including phenoxy) is 2. The Labute approximate surface area is 289 Å². The lowest BCUT2D eigenvalue weighted by Gasteiger charge is -2.42. The van der Waals surface area contributed by atoms with Crippen molar-refractivity contribution in [3.63, 3.8) is 0 Å². The van der Waals surface area contributed by atoms with Crippen molar-refractivity contribution in [3.8, 4) is 0 Å². The predicted octanol–water partition coefficient (Wildman–Crippen LogP) is 9.21. The van der Waals surface area contributed by atoms with Crippen LogP contribution in [0.1, 0.15) is 91.0 Å². The Bertz CT molecular complexity index is 1560. The van der Waals surface area contributed by atoms with Crippen molar-refractivity contribution in [2.75, 3.05) is 11.4 Å². The Kier molecular flexibility index (Phi) is 11.0. The first kappa shape index (κ1) is 36.1. The third kappa shape index (κ3) is 8.98. The Morgan fingerprint density at radius 3 is 2.40 bits per heavy atom. The minimum atomic E-state index is -1.40. The summed E-state index contributed by atoms with van der Waals surface area (Å²) in [4.78, 5) is 34.8. The lowest BCUT2D eigenvalue weighted by Crippen LogP contribution is -2.53.